The number of carbonyl (C=O) groups excluding carboxylic acids is 1. The highest BCUT2D eigenvalue weighted by Gasteiger charge is 2.32. The lowest BCUT2D eigenvalue weighted by Gasteiger charge is -2.19. The first-order chi connectivity index (χ1) is 11.7. The van der Waals surface area contributed by atoms with Crippen molar-refractivity contribution in [3.63, 3.8) is 0 Å². The summed E-state index contributed by atoms with van der Waals surface area (Å²) < 4.78 is 0. The number of aromatic nitrogens is 2. The Kier molecular flexibility index (Phi) is 4.29. The molecule has 0 bridgehead atoms. The van der Waals surface area contributed by atoms with Crippen LogP contribution in [0.4, 0.5) is 0 Å². The highest BCUT2D eigenvalue weighted by Crippen LogP contribution is 2.28. The van der Waals surface area contributed by atoms with Gasteiger partial charge in [-0.25, -0.2) is 0 Å². The third-order valence-electron chi connectivity index (χ3n) is 5.25. The maximum Gasteiger partial charge on any atom is 0.271 e. The van der Waals surface area contributed by atoms with Crippen LogP contribution in [0.5, 0.6) is 0 Å². The van der Waals surface area contributed by atoms with E-state index in [9.17, 15) is 4.79 Å². The highest BCUT2D eigenvalue weighted by molar-refractivity contribution is 6.30. The van der Waals surface area contributed by atoms with Crippen LogP contribution in [0.2, 0.25) is 5.02 Å². The maximum atomic E-state index is 12.8. The van der Waals surface area contributed by atoms with Gasteiger partial charge in [-0.15, -0.1) is 0 Å². The lowest BCUT2D eigenvalue weighted by Crippen LogP contribution is -2.33. The number of aromatic amines is 1. The zero-order valence-electron chi connectivity index (χ0n) is 13.5. The monoisotopic (exact) mass is 344 g/mol. The standard InChI is InChI=1S/C18H21ClN4O/c19-15-3-1-12(2-4-15)16-9-17(22-21-16)18(24)23-7-5-13-10-20-11-14(13)6-8-23/h1-4,9,13-14,20H,5-8,10-11H2,(H,21,22)/t13-,14+. The van der Waals surface area contributed by atoms with Gasteiger partial charge in [0.1, 0.15) is 5.69 Å². The Morgan fingerprint density at radius 3 is 2.46 bits per heavy atom. The summed E-state index contributed by atoms with van der Waals surface area (Å²) in [5.74, 6) is 1.49. The fraction of sp³-hybridized carbons (Fsp3) is 0.444. The molecule has 2 aromatic rings. The summed E-state index contributed by atoms with van der Waals surface area (Å²) in [5, 5.41) is 11.3. The first-order valence-corrected chi connectivity index (χ1v) is 8.90. The van der Waals surface area contributed by atoms with Gasteiger partial charge in [0.15, 0.2) is 0 Å². The van der Waals surface area contributed by atoms with Gasteiger partial charge in [0.25, 0.3) is 5.91 Å². The van der Waals surface area contributed by atoms with E-state index in [2.05, 4.69) is 15.5 Å². The van der Waals surface area contributed by atoms with Gasteiger partial charge in [-0.1, -0.05) is 23.7 Å². The molecule has 0 spiro atoms. The van der Waals surface area contributed by atoms with Gasteiger partial charge >= 0.3 is 0 Å². The fourth-order valence-electron chi connectivity index (χ4n) is 3.79. The van der Waals surface area contributed by atoms with Crippen LogP contribution in [0.25, 0.3) is 11.3 Å². The van der Waals surface area contributed by atoms with Crippen molar-refractivity contribution in [2.75, 3.05) is 26.2 Å². The van der Waals surface area contributed by atoms with Crippen molar-refractivity contribution in [3.05, 3.63) is 41.0 Å². The van der Waals surface area contributed by atoms with Crippen molar-refractivity contribution in [2.24, 2.45) is 11.8 Å². The number of likely N-dealkylation sites (tertiary alicyclic amines) is 1. The zero-order valence-corrected chi connectivity index (χ0v) is 14.2. The van der Waals surface area contributed by atoms with Gasteiger partial charge < -0.3 is 10.2 Å². The predicted octanol–water partition coefficient (Wildman–Crippen LogP) is 2.80. The Labute approximate surface area is 146 Å². The van der Waals surface area contributed by atoms with E-state index in [0.717, 1.165) is 50.3 Å². The molecule has 0 unspecified atom stereocenters. The number of halogens is 1. The Hall–Kier alpha value is -1.85. The van der Waals surface area contributed by atoms with Crippen molar-refractivity contribution in [1.82, 2.24) is 20.4 Å². The Morgan fingerprint density at radius 1 is 1.12 bits per heavy atom. The van der Waals surface area contributed by atoms with Crippen LogP contribution in [-0.2, 0) is 0 Å². The van der Waals surface area contributed by atoms with Crippen LogP contribution in [0.15, 0.2) is 30.3 Å². The van der Waals surface area contributed by atoms with E-state index in [4.69, 9.17) is 11.6 Å². The number of nitrogens with one attached hydrogen (secondary N) is 2. The summed E-state index contributed by atoms with van der Waals surface area (Å²) in [5.41, 5.74) is 2.28. The van der Waals surface area contributed by atoms with E-state index in [0.29, 0.717) is 22.6 Å². The summed E-state index contributed by atoms with van der Waals surface area (Å²) in [6, 6.07) is 9.31. The first kappa shape index (κ1) is 15.7. The van der Waals surface area contributed by atoms with Crippen molar-refractivity contribution in [2.45, 2.75) is 12.8 Å². The average molecular weight is 345 g/mol. The molecule has 1 aromatic carbocycles. The van der Waals surface area contributed by atoms with Crippen molar-refractivity contribution >= 4 is 17.5 Å². The van der Waals surface area contributed by atoms with Gasteiger partial charge in [-0.05, 0) is 56.0 Å². The van der Waals surface area contributed by atoms with E-state index in [1.807, 2.05) is 35.2 Å². The molecule has 5 nitrogen and oxygen atoms in total. The molecule has 0 radical (unpaired) electrons. The molecule has 2 N–H and O–H groups in total. The molecule has 3 heterocycles. The second-order valence-corrected chi connectivity index (χ2v) is 7.16. The molecular formula is C18H21ClN4O. The highest BCUT2D eigenvalue weighted by atomic mass is 35.5. The minimum absolute atomic E-state index is 0.0515. The quantitative estimate of drug-likeness (QED) is 0.880. The Bertz CT molecular complexity index is 713. The molecule has 2 aliphatic heterocycles. The minimum atomic E-state index is 0.0515. The number of hydrogen-bond acceptors (Lipinski definition) is 3. The summed E-state index contributed by atoms with van der Waals surface area (Å²) in [6.45, 7) is 3.85. The molecule has 2 aliphatic rings. The van der Waals surface area contributed by atoms with Crippen LogP contribution in [0, 0.1) is 11.8 Å². The van der Waals surface area contributed by atoms with Crippen molar-refractivity contribution in [1.29, 1.82) is 0 Å². The molecule has 2 atom stereocenters. The summed E-state index contributed by atoms with van der Waals surface area (Å²) >= 11 is 5.92. The molecule has 2 fully saturated rings. The fourth-order valence-corrected chi connectivity index (χ4v) is 3.92. The van der Waals surface area contributed by atoms with E-state index < -0.39 is 0 Å². The molecule has 6 heteroatoms. The van der Waals surface area contributed by atoms with Crippen molar-refractivity contribution in [3.8, 4) is 11.3 Å². The van der Waals surface area contributed by atoms with E-state index >= 15 is 0 Å². The number of hydrogen-bond donors (Lipinski definition) is 2. The third-order valence-corrected chi connectivity index (χ3v) is 5.51. The summed E-state index contributed by atoms with van der Waals surface area (Å²) in [7, 11) is 0. The average Bonchev–Trinajstić information content (AvgIpc) is 3.21. The summed E-state index contributed by atoms with van der Waals surface area (Å²) in [4.78, 5) is 14.8. The zero-order chi connectivity index (χ0) is 16.5. The van der Waals surface area contributed by atoms with Crippen LogP contribution in [0.1, 0.15) is 23.3 Å². The second-order valence-electron chi connectivity index (χ2n) is 6.72. The Morgan fingerprint density at radius 2 is 1.79 bits per heavy atom. The van der Waals surface area contributed by atoms with Crippen LogP contribution < -0.4 is 5.32 Å². The molecule has 4 rings (SSSR count). The maximum absolute atomic E-state index is 12.8. The van der Waals surface area contributed by atoms with Crippen molar-refractivity contribution < 1.29 is 4.79 Å². The van der Waals surface area contributed by atoms with Crippen LogP contribution in [0.3, 0.4) is 0 Å². The largest absolute Gasteiger partial charge is 0.337 e. The molecular weight excluding hydrogens is 324 g/mol. The topological polar surface area (TPSA) is 61.0 Å². The summed E-state index contributed by atoms with van der Waals surface area (Å²) in [6.07, 6.45) is 2.17. The van der Waals surface area contributed by atoms with E-state index in [-0.39, 0.29) is 5.91 Å². The predicted molar refractivity (Wildman–Crippen MR) is 94.0 cm³/mol. The normalized spacial score (nSPS) is 23.8. The van der Waals surface area contributed by atoms with E-state index in [1.54, 1.807) is 0 Å². The number of fused-ring (bicyclic) bond motifs is 1. The lowest BCUT2D eigenvalue weighted by atomic mass is 9.92. The Balaban J connectivity index is 1.47. The first-order valence-electron chi connectivity index (χ1n) is 8.52. The third kappa shape index (κ3) is 3.06. The smallest absolute Gasteiger partial charge is 0.271 e. The number of rotatable bonds is 2. The number of benzene rings is 1. The van der Waals surface area contributed by atoms with Gasteiger partial charge in [0.2, 0.25) is 0 Å². The van der Waals surface area contributed by atoms with E-state index in [1.165, 1.54) is 0 Å². The molecule has 1 aromatic heterocycles. The number of H-pyrrole nitrogens is 1. The number of carbonyl (C=O) groups is 1. The van der Waals surface area contributed by atoms with Crippen LogP contribution >= 0.6 is 11.6 Å². The van der Waals surface area contributed by atoms with Gasteiger partial charge in [0, 0.05) is 23.7 Å². The molecule has 2 saturated heterocycles. The molecule has 24 heavy (non-hydrogen) atoms. The van der Waals surface area contributed by atoms with Crippen LogP contribution in [-0.4, -0.2) is 47.2 Å². The second kappa shape index (κ2) is 6.57. The molecule has 0 aliphatic carbocycles. The van der Waals surface area contributed by atoms with Gasteiger partial charge in [-0.2, -0.15) is 5.10 Å². The number of amides is 1. The minimum Gasteiger partial charge on any atom is -0.337 e. The molecule has 1 amide bonds. The molecule has 0 saturated carbocycles. The molecule has 126 valence electrons. The van der Waals surface area contributed by atoms with Gasteiger partial charge in [0.05, 0.1) is 5.69 Å². The number of nitrogens with zero attached hydrogens (tertiary/aromatic N) is 2. The SMILES string of the molecule is O=C(c1cc(-c2ccc(Cl)cc2)n[nH]1)N1CC[C@@H]2CNC[C@@H]2CC1. The van der Waals surface area contributed by atoms with Gasteiger partial charge in [-0.3, -0.25) is 9.89 Å². The lowest BCUT2D eigenvalue weighted by molar-refractivity contribution is 0.0752.